The third-order valence-electron chi connectivity index (χ3n) is 22.4. The summed E-state index contributed by atoms with van der Waals surface area (Å²) in [7, 11) is 0. The Hall–Kier alpha value is -12.7. The number of aliphatic hydroxyl groups is 1. The van der Waals surface area contributed by atoms with E-state index < -0.39 is 205 Å². The van der Waals surface area contributed by atoms with E-state index >= 15 is 0 Å². The molecule has 0 aromatic heterocycles. The molecule has 14 amide bonds. The number of carbonyl (C=O) groups is 15. The molecule has 0 aliphatic rings. The van der Waals surface area contributed by atoms with Crippen molar-refractivity contribution in [2.45, 2.75) is 326 Å². The van der Waals surface area contributed by atoms with Gasteiger partial charge in [0, 0.05) is 51.9 Å². The van der Waals surface area contributed by atoms with Crippen LogP contribution in [0.15, 0.2) is 54.6 Å². The largest absolute Gasteiger partial charge is 0.508 e. The molecule has 0 heterocycles. The van der Waals surface area contributed by atoms with Crippen molar-refractivity contribution >= 4 is 113 Å². The summed E-state index contributed by atoms with van der Waals surface area (Å²) in [5.74, 6) is -16.5. The zero-order valence-electron chi connectivity index (χ0n) is 80.0. The highest BCUT2D eigenvalue weighted by Crippen LogP contribution is 2.19. The first-order valence-corrected chi connectivity index (χ1v) is 47.6. The molecule has 45 nitrogen and oxygen atoms in total. The number of nitrogens with two attached hydrogens (primary N) is 6. The van der Waals surface area contributed by atoms with Crippen LogP contribution >= 0.6 is 0 Å². The number of carboxylic acids is 1. The molecule has 2 rings (SSSR count). The summed E-state index contributed by atoms with van der Waals surface area (Å²) in [4.78, 5) is 210. The van der Waals surface area contributed by atoms with Crippen LogP contribution in [0.1, 0.15) is 252 Å². The van der Waals surface area contributed by atoms with Gasteiger partial charge in [-0.05, 0) is 138 Å². The normalized spacial score (nSPS) is 13.9. The van der Waals surface area contributed by atoms with Gasteiger partial charge in [0.05, 0.1) is 13.2 Å². The van der Waals surface area contributed by atoms with Crippen molar-refractivity contribution in [1.82, 2.24) is 90.4 Å². The number of hydrogen-bond acceptors (Lipinski definition) is 22. The summed E-state index contributed by atoms with van der Waals surface area (Å²) in [5.41, 5.74) is 34.1. The van der Waals surface area contributed by atoms with Gasteiger partial charge >= 0.3 is 5.97 Å². The number of unbranched alkanes of at least 4 members (excludes halogenated alkanes) is 15. The second-order valence-electron chi connectivity index (χ2n) is 34.7. The van der Waals surface area contributed by atoms with Crippen LogP contribution in [0.2, 0.25) is 0 Å². The van der Waals surface area contributed by atoms with Crippen LogP contribution in [0.4, 0.5) is 0 Å². The molecule has 0 saturated heterocycles. The molecule has 2 aromatic carbocycles. The van der Waals surface area contributed by atoms with Crippen LogP contribution in [-0.4, -0.2) is 246 Å². The Balaban J connectivity index is 2.44. The molecule has 136 heavy (non-hydrogen) atoms. The molecule has 2 aromatic rings. The van der Waals surface area contributed by atoms with Crippen molar-refractivity contribution in [2.75, 3.05) is 45.9 Å². The Kier molecular flexibility index (Phi) is 60.7. The number of hydrogen-bond donors (Lipinski definition) is 30. The number of aliphatic hydroxyl groups excluding tert-OH is 1. The quantitative estimate of drug-likeness (QED) is 0.0215. The fourth-order valence-electron chi connectivity index (χ4n) is 14.5. The lowest BCUT2D eigenvalue weighted by Gasteiger charge is -2.29. The van der Waals surface area contributed by atoms with Crippen molar-refractivity contribution < 1.29 is 87.2 Å². The van der Waals surface area contributed by atoms with Gasteiger partial charge in [0.1, 0.15) is 78.3 Å². The standard InChI is InChI=1S/C91H157N27O18/c1-7-9-10-11-12-13-14-15-16-17-18-19-20-21-25-39-73(122)108-68(51-56(3)4)84(132)118-75(57(5)8-2)86(134)116-70(53-60-40-42-61(120)43-41-60)82(130)107-58(6)76(124)110-66(44-45-72(93)121)77(125)106-54-74(123)109-69(52-59-32-23-22-24-33-59)83(131)117-71(55-119)85(133)114-62(34-26-27-46-92)78(126)111-63(35-28-47-102-88(94)95)79(127)112-64(36-29-48-103-89(96)97)80(128)113-65(37-30-49-104-90(98)99)81(129)115-67(87(135)136)38-31-50-105-91(100)101/h22-24,32-33,40-43,56-58,62-71,75,119-120H,7-21,25-31,34-39,44-55,92H2,1-6H3,(H2,93,121)(H,106,125)(H,107,130)(H,108,122)(H,109,123)(H,110,124)(H,111,126)(H,112,127)(H,113,128)(H,114,133)(H,115,129)(H,116,134)(H,117,131)(H,118,132)(H,135,136)(H4,94,95,102)(H4,96,97,103)(H4,98,99,104)(H4,100,101,105)/t57-,58-,62-,63-,64-,65-,66-,67-,68-,69-,70-,71-,75-/m0/s1. The average molecular weight is 1920 g/mol. The van der Waals surface area contributed by atoms with Crippen LogP contribution < -0.4 is 125 Å². The van der Waals surface area contributed by atoms with E-state index in [9.17, 15) is 87.2 Å². The highest BCUT2D eigenvalue weighted by Gasteiger charge is 2.38. The highest BCUT2D eigenvalue weighted by atomic mass is 16.4. The highest BCUT2D eigenvalue weighted by molar-refractivity contribution is 6.00. The molecule has 0 radical (unpaired) electrons. The number of rotatable bonds is 74. The van der Waals surface area contributed by atoms with Gasteiger partial charge in [-0.15, -0.1) is 0 Å². The van der Waals surface area contributed by atoms with Gasteiger partial charge in [-0.25, -0.2) is 4.79 Å². The van der Waals surface area contributed by atoms with E-state index in [1.807, 2.05) is 13.8 Å². The number of carboxylic acid groups (broad SMARTS) is 1. The number of amides is 14. The summed E-state index contributed by atoms with van der Waals surface area (Å²) in [5, 5.41) is 105. The molecule has 0 spiro atoms. The minimum absolute atomic E-state index is 0.00879. The van der Waals surface area contributed by atoms with Gasteiger partial charge in [-0.3, -0.25) is 88.8 Å². The topological polar surface area (TPSA) is 773 Å². The van der Waals surface area contributed by atoms with Crippen LogP contribution in [0.25, 0.3) is 0 Å². The summed E-state index contributed by atoms with van der Waals surface area (Å²) in [6.07, 6.45) is 16.7. The first-order chi connectivity index (χ1) is 64.7. The number of phenols is 1. The fourth-order valence-corrected chi connectivity index (χ4v) is 14.5. The van der Waals surface area contributed by atoms with Gasteiger partial charge in [-0.2, -0.15) is 0 Å². The van der Waals surface area contributed by atoms with Crippen molar-refractivity contribution in [3.8, 4) is 5.75 Å². The number of phenolic OH excluding ortho intramolecular Hbond substituents is 1. The molecule has 13 atom stereocenters. The molecule has 0 aliphatic carbocycles. The maximum Gasteiger partial charge on any atom is 0.326 e. The fraction of sp³-hybridized carbons (Fsp3) is 0.659. The number of carbonyl (C=O) groups excluding carboxylic acids is 14. The lowest BCUT2D eigenvalue weighted by Crippen LogP contribution is -2.61. The van der Waals surface area contributed by atoms with Crippen molar-refractivity contribution in [2.24, 2.45) is 46.2 Å². The third kappa shape index (κ3) is 53.4. The Morgan fingerprint density at radius 2 is 0.706 bits per heavy atom. The van der Waals surface area contributed by atoms with E-state index in [0.717, 1.165) is 25.7 Å². The summed E-state index contributed by atoms with van der Waals surface area (Å²) >= 11 is 0. The number of aliphatic carboxylic acids is 1. The second-order valence-corrected chi connectivity index (χ2v) is 34.7. The van der Waals surface area contributed by atoms with Crippen LogP contribution in [0, 0.1) is 33.5 Å². The van der Waals surface area contributed by atoms with Gasteiger partial charge in [0.15, 0.2) is 23.8 Å². The predicted molar refractivity (Wildman–Crippen MR) is 515 cm³/mol. The zero-order chi connectivity index (χ0) is 101. The van der Waals surface area contributed by atoms with E-state index in [1.54, 1.807) is 44.2 Å². The van der Waals surface area contributed by atoms with Gasteiger partial charge in [0.2, 0.25) is 82.7 Å². The molecule has 0 fully saturated rings. The monoisotopic (exact) mass is 1920 g/mol. The Morgan fingerprint density at radius 3 is 1.12 bits per heavy atom. The minimum atomic E-state index is -1.87. The number of aromatic hydroxyl groups is 1. The van der Waals surface area contributed by atoms with E-state index in [1.165, 1.54) is 95.4 Å². The molecular formula is C91H157N27O18. The third-order valence-corrected chi connectivity index (χ3v) is 22.4. The number of benzene rings is 2. The van der Waals surface area contributed by atoms with Crippen molar-refractivity contribution in [1.29, 1.82) is 21.6 Å². The molecular weight excluding hydrogens is 1760 g/mol. The van der Waals surface area contributed by atoms with Crippen LogP contribution in [0.3, 0.4) is 0 Å². The smallest absolute Gasteiger partial charge is 0.326 e. The molecule has 0 unspecified atom stereocenters. The van der Waals surface area contributed by atoms with Gasteiger partial charge < -0.3 is 140 Å². The maximum atomic E-state index is 14.7. The SMILES string of the molecule is CCCCCCCCCCCCCCCCCC(=O)N[C@@H](CC(C)C)C(=O)N[C@H](C(=O)N[C@@H](Cc1ccc(O)cc1)C(=O)N[C@@H](C)C(=O)N[C@@H](CCC(N)=O)C(=O)NCC(=O)N[C@@H](Cc1ccccc1)C(=O)N[C@@H](CO)C(=O)N[C@@H](CCCCN)C(=O)N[C@@H](CCCNC(=N)N)C(=O)N[C@@H](CCCNC(=N)N)C(=O)N[C@@H](CCCNC(=N)N)C(=O)N[C@@H](CCCNC(=N)N)C(=O)O)[C@@H](C)CC. The second kappa shape index (κ2) is 69.2. The van der Waals surface area contributed by atoms with Crippen LogP contribution in [-0.2, 0) is 84.8 Å². The lowest BCUT2D eigenvalue weighted by molar-refractivity contribution is -0.142. The lowest BCUT2D eigenvalue weighted by atomic mass is 9.95. The summed E-state index contributed by atoms with van der Waals surface area (Å²) in [6, 6.07) is -4.06. The predicted octanol–water partition coefficient (Wildman–Crippen LogP) is -0.991. The van der Waals surface area contributed by atoms with E-state index in [4.69, 9.17) is 56.0 Å². The maximum absolute atomic E-state index is 14.7. The first-order valence-electron chi connectivity index (χ1n) is 47.6. The Labute approximate surface area is 797 Å². The number of nitrogens with one attached hydrogen (secondary N) is 21. The average Bonchev–Trinajstić information content (AvgIpc) is 0.846. The zero-order valence-corrected chi connectivity index (χ0v) is 80.0. The molecule has 0 bridgehead atoms. The van der Waals surface area contributed by atoms with Crippen molar-refractivity contribution in [3.63, 3.8) is 0 Å². The Morgan fingerprint density at radius 1 is 0.346 bits per heavy atom. The summed E-state index contributed by atoms with van der Waals surface area (Å²) < 4.78 is 0. The Bertz CT molecular complexity index is 4080. The van der Waals surface area contributed by atoms with E-state index in [2.05, 4.69) is 97.3 Å². The van der Waals surface area contributed by atoms with E-state index in [0.29, 0.717) is 30.4 Å². The number of guanidine groups is 4. The summed E-state index contributed by atoms with van der Waals surface area (Å²) in [6.45, 7) is 9.00. The molecule has 36 N–H and O–H groups in total. The molecule has 45 heteroatoms. The minimum Gasteiger partial charge on any atom is -0.508 e. The number of primary amides is 1. The molecule has 0 aliphatic heterocycles. The molecule has 0 saturated carbocycles. The molecule has 764 valence electrons. The van der Waals surface area contributed by atoms with Crippen molar-refractivity contribution in [3.05, 3.63) is 65.7 Å². The van der Waals surface area contributed by atoms with E-state index in [-0.39, 0.29) is 146 Å². The van der Waals surface area contributed by atoms with Gasteiger partial charge in [-0.1, -0.05) is 173 Å². The van der Waals surface area contributed by atoms with Crippen LogP contribution in [0.5, 0.6) is 5.75 Å². The first kappa shape index (κ1) is 119. The van der Waals surface area contributed by atoms with Gasteiger partial charge in [0.25, 0.3) is 0 Å².